The first-order valence-corrected chi connectivity index (χ1v) is 9.19. The molecule has 0 radical (unpaired) electrons. The van der Waals surface area contributed by atoms with Crippen LogP contribution in [0.3, 0.4) is 0 Å². The van der Waals surface area contributed by atoms with E-state index in [1.807, 2.05) is 31.2 Å². The van der Waals surface area contributed by atoms with Crippen molar-refractivity contribution in [3.63, 3.8) is 0 Å². The second kappa shape index (κ2) is 10.6. The third-order valence-corrected chi connectivity index (χ3v) is 4.13. The molecule has 0 aromatic heterocycles. The van der Waals surface area contributed by atoms with Crippen LogP contribution in [0.25, 0.3) is 0 Å². The van der Waals surface area contributed by atoms with Gasteiger partial charge in [-0.15, -0.1) is 0 Å². The van der Waals surface area contributed by atoms with E-state index in [1.165, 1.54) is 5.56 Å². The van der Waals surface area contributed by atoms with Gasteiger partial charge in [0.15, 0.2) is 13.2 Å². The van der Waals surface area contributed by atoms with Crippen molar-refractivity contribution >= 4 is 27.8 Å². The van der Waals surface area contributed by atoms with Crippen molar-refractivity contribution in [2.75, 3.05) is 13.2 Å². The predicted molar refractivity (Wildman–Crippen MR) is 103 cm³/mol. The summed E-state index contributed by atoms with van der Waals surface area (Å²) in [4.78, 5) is 23.5. The van der Waals surface area contributed by atoms with Gasteiger partial charge >= 0.3 is 5.97 Å². The summed E-state index contributed by atoms with van der Waals surface area (Å²) in [7, 11) is 0. The number of ether oxygens (including phenoxy) is 2. The molecule has 1 N–H and O–H groups in total. The number of carbonyl (C=O) groups is 2. The molecule has 26 heavy (non-hydrogen) atoms. The van der Waals surface area contributed by atoms with Crippen molar-refractivity contribution in [2.24, 2.45) is 0 Å². The summed E-state index contributed by atoms with van der Waals surface area (Å²) in [6.45, 7) is 1.38. The summed E-state index contributed by atoms with van der Waals surface area (Å²) in [5.41, 5.74) is 1.23. The van der Waals surface area contributed by atoms with Crippen LogP contribution in [0.15, 0.2) is 59.1 Å². The molecule has 0 aliphatic rings. The number of hydrogen-bond acceptors (Lipinski definition) is 4. The topological polar surface area (TPSA) is 64.6 Å². The Kier molecular flexibility index (Phi) is 8.15. The predicted octanol–water partition coefficient (Wildman–Crippen LogP) is 3.51. The highest BCUT2D eigenvalue weighted by Gasteiger charge is 2.11. The average Bonchev–Trinajstić information content (AvgIpc) is 2.64. The molecule has 138 valence electrons. The van der Waals surface area contributed by atoms with Crippen molar-refractivity contribution < 1.29 is 19.1 Å². The van der Waals surface area contributed by atoms with E-state index in [-0.39, 0.29) is 25.2 Å². The molecule has 2 aromatic carbocycles. The highest BCUT2D eigenvalue weighted by atomic mass is 79.9. The Morgan fingerprint density at radius 3 is 2.58 bits per heavy atom. The zero-order valence-corrected chi connectivity index (χ0v) is 16.2. The number of aryl methyl sites for hydroxylation is 1. The molecule has 0 aliphatic heterocycles. The molecule has 0 heterocycles. The molecular formula is C20H22BrNO4. The van der Waals surface area contributed by atoms with E-state index in [2.05, 4.69) is 33.4 Å². The van der Waals surface area contributed by atoms with Crippen LogP contribution in [0.4, 0.5) is 0 Å². The zero-order valence-electron chi connectivity index (χ0n) is 14.6. The van der Waals surface area contributed by atoms with E-state index >= 15 is 0 Å². The molecule has 0 spiro atoms. The molecule has 0 aliphatic carbocycles. The van der Waals surface area contributed by atoms with Gasteiger partial charge in [-0.2, -0.15) is 0 Å². The number of esters is 1. The fourth-order valence-electron chi connectivity index (χ4n) is 2.30. The molecule has 1 atom stereocenters. The fourth-order valence-corrected chi connectivity index (χ4v) is 2.68. The van der Waals surface area contributed by atoms with Crippen LogP contribution in [-0.4, -0.2) is 31.1 Å². The van der Waals surface area contributed by atoms with Crippen LogP contribution in [0.2, 0.25) is 0 Å². The van der Waals surface area contributed by atoms with Gasteiger partial charge in [-0.3, -0.25) is 4.79 Å². The van der Waals surface area contributed by atoms with Crippen LogP contribution in [0.5, 0.6) is 5.75 Å². The second-order valence-electron chi connectivity index (χ2n) is 5.90. The molecule has 2 rings (SSSR count). The van der Waals surface area contributed by atoms with Gasteiger partial charge in [0, 0.05) is 10.5 Å². The summed E-state index contributed by atoms with van der Waals surface area (Å²) < 4.78 is 11.1. The van der Waals surface area contributed by atoms with E-state index in [4.69, 9.17) is 9.47 Å². The minimum Gasteiger partial charge on any atom is -0.482 e. The van der Waals surface area contributed by atoms with Gasteiger partial charge in [-0.1, -0.05) is 52.3 Å². The first kappa shape index (κ1) is 20.0. The molecule has 0 saturated carbocycles. The highest BCUT2D eigenvalue weighted by molar-refractivity contribution is 9.10. The van der Waals surface area contributed by atoms with Crippen LogP contribution in [0.1, 0.15) is 18.9 Å². The van der Waals surface area contributed by atoms with E-state index in [0.717, 1.165) is 17.3 Å². The van der Waals surface area contributed by atoms with E-state index in [9.17, 15) is 9.59 Å². The van der Waals surface area contributed by atoms with Gasteiger partial charge in [-0.25, -0.2) is 4.79 Å². The molecule has 6 heteroatoms. The minimum absolute atomic E-state index is 0.000623. The molecule has 0 fully saturated rings. The Morgan fingerprint density at radius 2 is 1.85 bits per heavy atom. The number of carbonyl (C=O) groups excluding carboxylic acids is 2. The summed E-state index contributed by atoms with van der Waals surface area (Å²) in [6.07, 6.45) is 1.69. The number of benzene rings is 2. The highest BCUT2D eigenvalue weighted by Crippen LogP contribution is 2.17. The Morgan fingerprint density at radius 1 is 1.08 bits per heavy atom. The number of nitrogens with one attached hydrogen (secondary N) is 1. The van der Waals surface area contributed by atoms with Gasteiger partial charge in [0.1, 0.15) is 5.75 Å². The minimum atomic E-state index is -0.586. The van der Waals surface area contributed by atoms with Crippen molar-refractivity contribution in [1.29, 1.82) is 0 Å². The maximum Gasteiger partial charge on any atom is 0.344 e. The van der Waals surface area contributed by atoms with Crippen molar-refractivity contribution in [2.45, 2.75) is 25.8 Å². The van der Waals surface area contributed by atoms with Crippen molar-refractivity contribution in [3.05, 3.63) is 64.6 Å². The monoisotopic (exact) mass is 419 g/mol. The first-order valence-electron chi connectivity index (χ1n) is 8.40. The SMILES string of the molecule is CC(CCc1ccccc1)NC(=O)COC(=O)COc1cccc(Br)c1. The van der Waals surface area contributed by atoms with E-state index in [0.29, 0.717) is 5.75 Å². The Hall–Kier alpha value is -2.34. The van der Waals surface area contributed by atoms with Gasteiger partial charge < -0.3 is 14.8 Å². The standard InChI is InChI=1S/C20H22BrNO4/c1-15(10-11-16-6-3-2-4-7-16)22-19(23)13-26-20(24)14-25-18-9-5-8-17(21)12-18/h2-9,12,15H,10-11,13-14H2,1H3,(H,22,23). The third-order valence-electron chi connectivity index (χ3n) is 3.63. The smallest absolute Gasteiger partial charge is 0.344 e. The van der Waals surface area contributed by atoms with Crippen LogP contribution in [0, 0.1) is 0 Å². The summed E-state index contributed by atoms with van der Waals surface area (Å²) in [6, 6.07) is 17.2. The number of amides is 1. The number of hydrogen-bond donors (Lipinski definition) is 1. The molecule has 1 unspecified atom stereocenters. The molecule has 5 nitrogen and oxygen atoms in total. The van der Waals surface area contributed by atoms with Crippen LogP contribution < -0.4 is 10.1 Å². The maximum atomic E-state index is 11.9. The van der Waals surface area contributed by atoms with Gasteiger partial charge in [0.2, 0.25) is 0 Å². The van der Waals surface area contributed by atoms with Gasteiger partial charge in [-0.05, 0) is 43.5 Å². The van der Waals surface area contributed by atoms with Gasteiger partial charge in [0.05, 0.1) is 0 Å². The lowest BCUT2D eigenvalue weighted by Crippen LogP contribution is -2.36. The summed E-state index contributed by atoms with van der Waals surface area (Å²) >= 11 is 3.32. The van der Waals surface area contributed by atoms with Crippen molar-refractivity contribution in [1.82, 2.24) is 5.32 Å². The fraction of sp³-hybridized carbons (Fsp3) is 0.300. The Labute approximate surface area is 161 Å². The van der Waals surface area contributed by atoms with Crippen LogP contribution in [-0.2, 0) is 20.7 Å². The summed E-state index contributed by atoms with van der Waals surface area (Å²) in [5, 5.41) is 2.82. The Bertz CT molecular complexity index is 721. The molecule has 0 bridgehead atoms. The molecular weight excluding hydrogens is 398 g/mol. The number of halogens is 1. The molecule has 0 saturated heterocycles. The lowest BCUT2D eigenvalue weighted by Gasteiger charge is -2.14. The normalized spacial score (nSPS) is 11.5. The van der Waals surface area contributed by atoms with Crippen LogP contribution >= 0.6 is 15.9 Å². The lowest BCUT2D eigenvalue weighted by molar-refractivity contribution is -0.150. The van der Waals surface area contributed by atoms with Crippen molar-refractivity contribution in [3.8, 4) is 5.75 Å². The van der Waals surface area contributed by atoms with E-state index in [1.54, 1.807) is 18.2 Å². The molecule has 1 amide bonds. The number of rotatable bonds is 9. The van der Waals surface area contributed by atoms with E-state index < -0.39 is 5.97 Å². The zero-order chi connectivity index (χ0) is 18.8. The lowest BCUT2D eigenvalue weighted by atomic mass is 10.1. The maximum absolute atomic E-state index is 11.9. The second-order valence-corrected chi connectivity index (χ2v) is 6.82. The Balaban J connectivity index is 1.62. The first-order chi connectivity index (χ1) is 12.5. The van der Waals surface area contributed by atoms with Gasteiger partial charge in [0.25, 0.3) is 5.91 Å². The third kappa shape index (κ3) is 7.70. The quantitative estimate of drug-likeness (QED) is 0.631. The largest absolute Gasteiger partial charge is 0.482 e. The molecule has 2 aromatic rings. The summed E-state index contributed by atoms with van der Waals surface area (Å²) in [5.74, 6) is -0.353. The average molecular weight is 420 g/mol.